The minimum Gasteiger partial charge on any atom is -0.497 e. The Kier molecular flexibility index (Phi) is 3.78. The fourth-order valence-corrected chi connectivity index (χ4v) is 2.36. The number of nitrogens with one attached hydrogen (secondary N) is 2. The molecule has 0 radical (unpaired) electrons. The molecule has 1 amide bonds. The third-order valence-electron chi connectivity index (χ3n) is 3.40. The van der Waals surface area contributed by atoms with Gasteiger partial charge in [0.1, 0.15) is 11.6 Å². The summed E-state index contributed by atoms with van der Waals surface area (Å²) in [5.41, 5.74) is 3.57. The van der Waals surface area contributed by atoms with Gasteiger partial charge < -0.3 is 15.0 Å². The summed E-state index contributed by atoms with van der Waals surface area (Å²) in [6.07, 6.45) is 0.319. The summed E-state index contributed by atoms with van der Waals surface area (Å²) in [5.74, 6) is 1.58. The molecule has 3 aromatic rings. The zero-order valence-corrected chi connectivity index (χ0v) is 12.5. The summed E-state index contributed by atoms with van der Waals surface area (Å²) in [6.45, 7) is 1.91. The second-order valence-electron chi connectivity index (χ2n) is 5.13. The highest BCUT2D eigenvalue weighted by Crippen LogP contribution is 2.17. The van der Waals surface area contributed by atoms with Gasteiger partial charge in [0.05, 0.1) is 24.6 Å². The molecule has 0 aliphatic heterocycles. The number of nitrogens with zero attached hydrogens (tertiary/aromatic N) is 1. The first-order valence-corrected chi connectivity index (χ1v) is 7.03. The Morgan fingerprint density at radius 1 is 1.23 bits per heavy atom. The van der Waals surface area contributed by atoms with Crippen molar-refractivity contribution in [2.45, 2.75) is 13.3 Å². The van der Waals surface area contributed by atoms with Crippen molar-refractivity contribution in [3.05, 3.63) is 53.9 Å². The highest BCUT2D eigenvalue weighted by molar-refractivity contribution is 5.92. The number of rotatable bonds is 4. The molecule has 22 heavy (non-hydrogen) atoms. The van der Waals surface area contributed by atoms with Crippen molar-refractivity contribution in [3.63, 3.8) is 0 Å². The number of fused-ring (bicyclic) bond motifs is 1. The average molecular weight is 295 g/mol. The SMILES string of the molecule is COc1ccc(NC(=O)Cc2ccc3nc(C)[nH]c3c2)cc1. The summed E-state index contributed by atoms with van der Waals surface area (Å²) < 4.78 is 5.09. The summed E-state index contributed by atoms with van der Waals surface area (Å²) >= 11 is 0. The zero-order valence-electron chi connectivity index (χ0n) is 12.5. The van der Waals surface area contributed by atoms with Crippen molar-refractivity contribution in [1.82, 2.24) is 9.97 Å². The number of aryl methyl sites for hydroxylation is 1. The Balaban J connectivity index is 1.69. The third kappa shape index (κ3) is 3.09. The number of methoxy groups -OCH3 is 1. The zero-order chi connectivity index (χ0) is 15.5. The molecule has 0 saturated heterocycles. The summed E-state index contributed by atoms with van der Waals surface area (Å²) in [6, 6.07) is 13.1. The number of benzene rings is 2. The van der Waals surface area contributed by atoms with E-state index in [0.717, 1.165) is 33.9 Å². The largest absolute Gasteiger partial charge is 0.497 e. The van der Waals surface area contributed by atoms with Crippen molar-refractivity contribution in [1.29, 1.82) is 0 Å². The van der Waals surface area contributed by atoms with E-state index >= 15 is 0 Å². The molecule has 5 heteroatoms. The second-order valence-corrected chi connectivity index (χ2v) is 5.13. The Labute approximate surface area is 128 Å². The van der Waals surface area contributed by atoms with E-state index in [9.17, 15) is 4.79 Å². The predicted octanol–water partition coefficient (Wildman–Crippen LogP) is 3.06. The molecule has 0 saturated carbocycles. The summed E-state index contributed by atoms with van der Waals surface area (Å²) in [5, 5.41) is 2.87. The molecule has 0 aliphatic carbocycles. The van der Waals surface area contributed by atoms with Crippen LogP contribution in [0.3, 0.4) is 0 Å². The topological polar surface area (TPSA) is 67.0 Å². The van der Waals surface area contributed by atoms with Gasteiger partial charge in [-0.05, 0) is 48.9 Å². The number of H-pyrrole nitrogens is 1. The van der Waals surface area contributed by atoms with Gasteiger partial charge in [0.15, 0.2) is 0 Å². The number of amides is 1. The van der Waals surface area contributed by atoms with E-state index in [0.29, 0.717) is 6.42 Å². The molecule has 1 heterocycles. The number of carbonyl (C=O) groups excluding carboxylic acids is 1. The number of aromatic amines is 1. The minimum absolute atomic E-state index is 0.0549. The smallest absolute Gasteiger partial charge is 0.228 e. The molecule has 112 valence electrons. The maximum Gasteiger partial charge on any atom is 0.228 e. The lowest BCUT2D eigenvalue weighted by Gasteiger charge is -2.06. The van der Waals surface area contributed by atoms with Crippen LogP contribution in [0.4, 0.5) is 5.69 Å². The molecule has 0 atom stereocenters. The van der Waals surface area contributed by atoms with Crippen molar-refractivity contribution in [2.24, 2.45) is 0 Å². The van der Waals surface area contributed by atoms with E-state index in [-0.39, 0.29) is 5.91 Å². The quantitative estimate of drug-likeness (QED) is 0.777. The normalized spacial score (nSPS) is 10.6. The van der Waals surface area contributed by atoms with Crippen LogP contribution in [0, 0.1) is 6.92 Å². The lowest BCUT2D eigenvalue weighted by molar-refractivity contribution is -0.115. The highest BCUT2D eigenvalue weighted by atomic mass is 16.5. The van der Waals surface area contributed by atoms with Crippen molar-refractivity contribution in [3.8, 4) is 5.75 Å². The van der Waals surface area contributed by atoms with Gasteiger partial charge in [-0.2, -0.15) is 0 Å². The number of imidazole rings is 1. The predicted molar refractivity (Wildman–Crippen MR) is 86.2 cm³/mol. The van der Waals surface area contributed by atoms with Gasteiger partial charge in [-0.25, -0.2) is 4.98 Å². The fraction of sp³-hybridized carbons (Fsp3) is 0.176. The maximum absolute atomic E-state index is 12.1. The van der Waals surface area contributed by atoms with Gasteiger partial charge >= 0.3 is 0 Å². The molecular weight excluding hydrogens is 278 g/mol. The first kappa shape index (κ1) is 14.1. The Morgan fingerprint density at radius 3 is 2.73 bits per heavy atom. The molecule has 0 bridgehead atoms. The van der Waals surface area contributed by atoms with E-state index in [2.05, 4.69) is 15.3 Å². The molecule has 3 rings (SSSR count). The van der Waals surface area contributed by atoms with Crippen LogP contribution in [0.15, 0.2) is 42.5 Å². The van der Waals surface area contributed by atoms with Crippen molar-refractivity contribution in [2.75, 3.05) is 12.4 Å². The Morgan fingerprint density at radius 2 is 2.00 bits per heavy atom. The first-order chi connectivity index (χ1) is 10.6. The molecule has 1 aromatic heterocycles. The number of anilines is 1. The lowest BCUT2D eigenvalue weighted by atomic mass is 10.1. The Hall–Kier alpha value is -2.82. The average Bonchev–Trinajstić information content (AvgIpc) is 2.87. The molecule has 0 unspecified atom stereocenters. The monoisotopic (exact) mass is 295 g/mol. The van der Waals surface area contributed by atoms with E-state index in [1.165, 1.54) is 0 Å². The van der Waals surface area contributed by atoms with Crippen LogP contribution in [0.25, 0.3) is 11.0 Å². The Bertz CT molecular complexity index is 806. The van der Waals surface area contributed by atoms with Crippen LogP contribution in [0.2, 0.25) is 0 Å². The maximum atomic E-state index is 12.1. The number of carbonyl (C=O) groups is 1. The number of hydrogen-bond donors (Lipinski definition) is 2. The molecule has 5 nitrogen and oxygen atoms in total. The molecular formula is C17H17N3O2. The van der Waals surface area contributed by atoms with Gasteiger partial charge in [0.25, 0.3) is 0 Å². The van der Waals surface area contributed by atoms with Gasteiger partial charge in [0.2, 0.25) is 5.91 Å². The molecule has 0 fully saturated rings. The van der Waals surface area contributed by atoms with Crippen LogP contribution < -0.4 is 10.1 Å². The van der Waals surface area contributed by atoms with E-state index < -0.39 is 0 Å². The van der Waals surface area contributed by atoms with E-state index in [1.54, 1.807) is 7.11 Å². The van der Waals surface area contributed by atoms with Crippen LogP contribution in [0.1, 0.15) is 11.4 Å². The van der Waals surface area contributed by atoms with Crippen LogP contribution >= 0.6 is 0 Å². The molecule has 2 N–H and O–H groups in total. The van der Waals surface area contributed by atoms with E-state index in [4.69, 9.17) is 4.74 Å². The molecule has 0 spiro atoms. The second kappa shape index (κ2) is 5.89. The lowest BCUT2D eigenvalue weighted by Crippen LogP contribution is -2.14. The summed E-state index contributed by atoms with van der Waals surface area (Å²) in [7, 11) is 1.61. The van der Waals surface area contributed by atoms with Crippen LogP contribution in [-0.2, 0) is 11.2 Å². The summed E-state index contributed by atoms with van der Waals surface area (Å²) in [4.78, 5) is 19.6. The number of ether oxygens (including phenoxy) is 1. The van der Waals surface area contributed by atoms with Gasteiger partial charge in [0, 0.05) is 5.69 Å². The number of aromatic nitrogens is 2. The third-order valence-corrected chi connectivity index (χ3v) is 3.40. The highest BCUT2D eigenvalue weighted by Gasteiger charge is 2.06. The number of hydrogen-bond acceptors (Lipinski definition) is 3. The van der Waals surface area contributed by atoms with Crippen LogP contribution in [0.5, 0.6) is 5.75 Å². The first-order valence-electron chi connectivity index (χ1n) is 7.03. The molecule has 0 aliphatic rings. The standard InChI is InChI=1S/C17H17N3O2/c1-11-18-15-8-3-12(9-16(15)19-11)10-17(21)20-13-4-6-14(22-2)7-5-13/h3-9H,10H2,1-2H3,(H,18,19)(H,20,21). The van der Waals surface area contributed by atoms with Gasteiger partial charge in [-0.15, -0.1) is 0 Å². The molecule has 2 aromatic carbocycles. The fourth-order valence-electron chi connectivity index (χ4n) is 2.36. The van der Waals surface area contributed by atoms with Crippen molar-refractivity contribution >= 4 is 22.6 Å². The van der Waals surface area contributed by atoms with Gasteiger partial charge in [-0.1, -0.05) is 6.07 Å². The van der Waals surface area contributed by atoms with Crippen LogP contribution in [-0.4, -0.2) is 23.0 Å². The van der Waals surface area contributed by atoms with Gasteiger partial charge in [-0.3, -0.25) is 4.79 Å². The van der Waals surface area contributed by atoms with E-state index in [1.807, 2.05) is 49.4 Å². The minimum atomic E-state index is -0.0549. The van der Waals surface area contributed by atoms with Crippen molar-refractivity contribution < 1.29 is 9.53 Å².